The van der Waals surface area contributed by atoms with E-state index >= 15 is 0 Å². The lowest BCUT2D eigenvalue weighted by Crippen LogP contribution is -2.09. The molecule has 0 atom stereocenters. The monoisotopic (exact) mass is 246 g/mol. The molecule has 5 heteroatoms. The van der Waals surface area contributed by atoms with E-state index in [4.69, 9.17) is 4.18 Å². The number of hydrogen-bond donors (Lipinski definition) is 0. The zero-order valence-electron chi connectivity index (χ0n) is 9.15. The molecule has 1 aromatic carbocycles. The van der Waals surface area contributed by atoms with Gasteiger partial charge in [-0.3, -0.25) is 4.18 Å². The summed E-state index contributed by atoms with van der Waals surface area (Å²) in [6, 6.07) is 5.20. The van der Waals surface area contributed by atoms with Crippen LogP contribution < -0.4 is 0 Å². The third-order valence-corrected chi connectivity index (χ3v) is 3.44. The molecule has 0 spiro atoms. The zero-order valence-corrected chi connectivity index (χ0v) is 9.97. The first-order chi connectivity index (χ1) is 7.58. The van der Waals surface area contributed by atoms with E-state index in [1.165, 1.54) is 18.2 Å². The Labute approximate surface area is 95.4 Å². The van der Waals surface area contributed by atoms with Gasteiger partial charge in [-0.15, -0.1) is 0 Å². The standard InChI is InChI=1S/C11H15FO3S/c1-2-3-6-9-15-16(13,14)11-8-5-4-7-10(11)12/h4-5,7-8H,2-3,6,9H2,1H3. The summed E-state index contributed by atoms with van der Waals surface area (Å²) in [7, 11) is -3.95. The maximum absolute atomic E-state index is 13.2. The average molecular weight is 246 g/mol. The molecule has 1 aromatic rings. The topological polar surface area (TPSA) is 43.4 Å². The largest absolute Gasteiger partial charge is 0.299 e. The number of rotatable bonds is 6. The summed E-state index contributed by atoms with van der Waals surface area (Å²) in [4.78, 5) is -0.397. The van der Waals surface area contributed by atoms with Crippen molar-refractivity contribution in [3.8, 4) is 0 Å². The Balaban J connectivity index is 2.68. The fourth-order valence-corrected chi connectivity index (χ4v) is 2.25. The summed E-state index contributed by atoms with van der Waals surface area (Å²) in [6.45, 7) is 2.11. The fourth-order valence-electron chi connectivity index (χ4n) is 1.23. The summed E-state index contributed by atoms with van der Waals surface area (Å²) in [5.41, 5.74) is 0. The van der Waals surface area contributed by atoms with Gasteiger partial charge in [0.05, 0.1) is 6.61 Å². The molecule has 1 rings (SSSR count). The normalized spacial score (nSPS) is 11.6. The van der Waals surface area contributed by atoms with Crippen LogP contribution in [0.4, 0.5) is 4.39 Å². The third-order valence-electron chi connectivity index (χ3n) is 2.09. The molecule has 0 amide bonds. The molecule has 0 bridgehead atoms. The van der Waals surface area contributed by atoms with Crippen LogP contribution in [0.15, 0.2) is 29.2 Å². The van der Waals surface area contributed by atoms with Crippen molar-refractivity contribution in [3.63, 3.8) is 0 Å². The highest BCUT2D eigenvalue weighted by atomic mass is 32.2. The number of halogens is 1. The van der Waals surface area contributed by atoms with Gasteiger partial charge in [0, 0.05) is 0 Å². The minimum atomic E-state index is -3.95. The van der Waals surface area contributed by atoms with Gasteiger partial charge >= 0.3 is 0 Å². The van der Waals surface area contributed by atoms with E-state index < -0.39 is 20.8 Å². The summed E-state index contributed by atoms with van der Waals surface area (Å²) in [5.74, 6) is -0.780. The molecular formula is C11H15FO3S. The second kappa shape index (κ2) is 5.96. The van der Waals surface area contributed by atoms with E-state index in [1.807, 2.05) is 6.92 Å². The smallest absolute Gasteiger partial charge is 0.266 e. The van der Waals surface area contributed by atoms with Crippen LogP contribution in [0.1, 0.15) is 26.2 Å². The molecule has 0 saturated heterocycles. The first-order valence-electron chi connectivity index (χ1n) is 5.22. The second-order valence-corrected chi connectivity index (χ2v) is 5.00. The van der Waals surface area contributed by atoms with Crippen molar-refractivity contribution < 1.29 is 17.0 Å². The Bertz CT molecular complexity index is 429. The van der Waals surface area contributed by atoms with Crippen LogP contribution in [0, 0.1) is 5.82 Å². The van der Waals surface area contributed by atoms with E-state index in [2.05, 4.69) is 0 Å². The lowest BCUT2D eigenvalue weighted by molar-refractivity contribution is 0.306. The van der Waals surface area contributed by atoms with Crippen molar-refractivity contribution in [1.82, 2.24) is 0 Å². The van der Waals surface area contributed by atoms with Crippen LogP contribution in [0.2, 0.25) is 0 Å². The molecule has 3 nitrogen and oxygen atoms in total. The first-order valence-corrected chi connectivity index (χ1v) is 6.62. The summed E-state index contributed by atoms with van der Waals surface area (Å²) >= 11 is 0. The van der Waals surface area contributed by atoms with Gasteiger partial charge in [-0.25, -0.2) is 4.39 Å². The first kappa shape index (κ1) is 13.1. The Morgan fingerprint density at radius 3 is 2.56 bits per heavy atom. The zero-order chi connectivity index (χ0) is 12.0. The van der Waals surface area contributed by atoms with Crippen LogP contribution in [0.25, 0.3) is 0 Å². The Morgan fingerprint density at radius 1 is 1.25 bits per heavy atom. The predicted octanol–water partition coefficient (Wildman–Crippen LogP) is 2.72. The maximum atomic E-state index is 13.2. The molecular weight excluding hydrogens is 231 g/mol. The van der Waals surface area contributed by atoms with E-state index in [-0.39, 0.29) is 6.61 Å². The van der Waals surface area contributed by atoms with Crippen LogP contribution in [0.5, 0.6) is 0 Å². The van der Waals surface area contributed by atoms with Crippen molar-refractivity contribution in [2.45, 2.75) is 31.1 Å². The van der Waals surface area contributed by atoms with Crippen LogP contribution in [-0.4, -0.2) is 15.0 Å². The van der Waals surface area contributed by atoms with Gasteiger partial charge in [-0.05, 0) is 18.6 Å². The van der Waals surface area contributed by atoms with Crippen molar-refractivity contribution in [2.75, 3.05) is 6.61 Å². The molecule has 0 radical (unpaired) electrons. The van der Waals surface area contributed by atoms with E-state index in [1.54, 1.807) is 0 Å². The van der Waals surface area contributed by atoms with E-state index in [0.29, 0.717) is 6.42 Å². The summed E-state index contributed by atoms with van der Waals surface area (Å²) in [6.07, 6.45) is 2.53. The molecule has 0 aromatic heterocycles. The van der Waals surface area contributed by atoms with Crippen molar-refractivity contribution in [3.05, 3.63) is 30.1 Å². The van der Waals surface area contributed by atoms with Gasteiger partial charge in [-0.1, -0.05) is 31.9 Å². The molecule has 0 unspecified atom stereocenters. The highest BCUT2D eigenvalue weighted by molar-refractivity contribution is 7.86. The maximum Gasteiger partial charge on any atom is 0.299 e. The highest BCUT2D eigenvalue weighted by Gasteiger charge is 2.18. The van der Waals surface area contributed by atoms with E-state index in [9.17, 15) is 12.8 Å². The number of unbranched alkanes of at least 4 members (excludes halogenated alkanes) is 2. The van der Waals surface area contributed by atoms with Crippen molar-refractivity contribution in [1.29, 1.82) is 0 Å². The van der Waals surface area contributed by atoms with Crippen LogP contribution in [0.3, 0.4) is 0 Å². The van der Waals surface area contributed by atoms with Gasteiger partial charge in [0.25, 0.3) is 10.1 Å². The van der Waals surface area contributed by atoms with E-state index in [0.717, 1.165) is 18.9 Å². The molecule has 0 saturated carbocycles. The highest BCUT2D eigenvalue weighted by Crippen LogP contribution is 2.16. The average Bonchev–Trinajstić information content (AvgIpc) is 2.25. The number of benzene rings is 1. The lowest BCUT2D eigenvalue weighted by Gasteiger charge is -2.05. The van der Waals surface area contributed by atoms with Crippen LogP contribution >= 0.6 is 0 Å². The van der Waals surface area contributed by atoms with Crippen LogP contribution in [-0.2, 0) is 14.3 Å². The van der Waals surface area contributed by atoms with Gasteiger partial charge < -0.3 is 0 Å². The third kappa shape index (κ3) is 3.57. The second-order valence-electron chi connectivity index (χ2n) is 3.41. The number of hydrogen-bond acceptors (Lipinski definition) is 3. The SMILES string of the molecule is CCCCCOS(=O)(=O)c1ccccc1F. The molecule has 0 fully saturated rings. The molecule has 0 N–H and O–H groups in total. The van der Waals surface area contributed by atoms with Gasteiger partial charge in [0.15, 0.2) is 0 Å². The van der Waals surface area contributed by atoms with Crippen molar-refractivity contribution in [2.24, 2.45) is 0 Å². The van der Waals surface area contributed by atoms with Gasteiger partial charge in [0.1, 0.15) is 10.7 Å². The Hall–Kier alpha value is -0.940. The molecule has 0 aliphatic heterocycles. The Kier molecular flexibility index (Phi) is 4.89. The summed E-state index contributed by atoms with van der Waals surface area (Å²) in [5, 5.41) is 0. The quantitative estimate of drug-likeness (QED) is 0.572. The minimum Gasteiger partial charge on any atom is -0.266 e. The Morgan fingerprint density at radius 2 is 1.94 bits per heavy atom. The minimum absolute atomic E-state index is 0.102. The van der Waals surface area contributed by atoms with Gasteiger partial charge in [-0.2, -0.15) is 8.42 Å². The molecule has 16 heavy (non-hydrogen) atoms. The lowest BCUT2D eigenvalue weighted by atomic mass is 10.3. The molecule has 0 aliphatic rings. The predicted molar refractivity (Wildman–Crippen MR) is 59.1 cm³/mol. The van der Waals surface area contributed by atoms with Gasteiger partial charge in [0.2, 0.25) is 0 Å². The summed E-state index contributed by atoms with van der Waals surface area (Å²) < 4.78 is 41.0. The molecule has 0 heterocycles. The molecule has 0 aliphatic carbocycles. The fraction of sp³-hybridized carbons (Fsp3) is 0.455. The molecule has 90 valence electrons. The van der Waals surface area contributed by atoms with Crippen molar-refractivity contribution >= 4 is 10.1 Å².